The molecule has 3 aromatic rings. The zero-order chi connectivity index (χ0) is 20.7. The summed E-state index contributed by atoms with van der Waals surface area (Å²) in [6.07, 6.45) is 4.60. The molecule has 6 heteroatoms. The lowest BCUT2D eigenvalue weighted by molar-refractivity contribution is 0.1000. The first-order chi connectivity index (χ1) is 14.6. The third-order valence-electron chi connectivity index (χ3n) is 6.41. The van der Waals surface area contributed by atoms with Gasteiger partial charge in [0.15, 0.2) is 0 Å². The smallest absolute Gasteiger partial charge is 0.248 e. The Bertz CT molecular complexity index is 1080. The number of hydrogen-bond donors (Lipinski definition) is 4. The van der Waals surface area contributed by atoms with Crippen molar-refractivity contribution in [1.82, 2.24) is 15.5 Å². The Labute approximate surface area is 175 Å². The van der Waals surface area contributed by atoms with Crippen LogP contribution in [0.25, 0.3) is 22.5 Å². The van der Waals surface area contributed by atoms with E-state index in [9.17, 15) is 9.90 Å². The Morgan fingerprint density at radius 2 is 1.90 bits per heavy atom. The number of carbonyl (C=O) groups excluding carboxylic acids is 1. The van der Waals surface area contributed by atoms with E-state index in [4.69, 9.17) is 5.73 Å². The second kappa shape index (κ2) is 7.70. The zero-order valence-corrected chi connectivity index (χ0v) is 16.8. The molecule has 154 valence electrons. The molecule has 30 heavy (non-hydrogen) atoms. The minimum Gasteiger partial charge on any atom is -0.393 e. The molecule has 2 aromatic carbocycles. The van der Waals surface area contributed by atoms with Gasteiger partial charge in [0, 0.05) is 41.3 Å². The minimum absolute atomic E-state index is 0.119. The number of aliphatic hydroxyl groups is 1. The average Bonchev–Trinajstić information content (AvgIpc) is 3.32. The third kappa shape index (κ3) is 3.53. The van der Waals surface area contributed by atoms with Crippen LogP contribution in [0.1, 0.15) is 52.7 Å². The summed E-state index contributed by atoms with van der Waals surface area (Å²) in [6, 6.07) is 14.4. The van der Waals surface area contributed by atoms with E-state index in [0.29, 0.717) is 11.6 Å². The van der Waals surface area contributed by atoms with Gasteiger partial charge >= 0.3 is 0 Å². The van der Waals surface area contributed by atoms with E-state index in [1.54, 1.807) is 12.1 Å². The Morgan fingerprint density at radius 1 is 1.13 bits per heavy atom. The van der Waals surface area contributed by atoms with Crippen molar-refractivity contribution in [1.29, 1.82) is 0 Å². The van der Waals surface area contributed by atoms with Gasteiger partial charge in [-0.3, -0.25) is 9.89 Å². The Balaban J connectivity index is 1.32. The number of carbonyl (C=O) groups is 1. The van der Waals surface area contributed by atoms with Crippen molar-refractivity contribution in [2.45, 2.75) is 50.8 Å². The monoisotopic (exact) mass is 402 g/mol. The van der Waals surface area contributed by atoms with Crippen LogP contribution in [0.2, 0.25) is 0 Å². The van der Waals surface area contributed by atoms with Gasteiger partial charge in [0.1, 0.15) is 0 Å². The van der Waals surface area contributed by atoms with Crippen LogP contribution >= 0.6 is 0 Å². The minimum atomic E-state index is -0.424. The molecule has 1 aromatic heterocycles. The average molecular weight is 402 g/mol. The number of fused-ring (bicyclic) bond motifs is 3. The third-order valence-corrected chi connectivity index (χ3v) is 6.41. The van der Waals surface area contributed by atoms with E-state index < -0.39 is 5.91 Å². The van der Waals surface area contributed by atoms with Crippen LogP contribution in [0.3, 0.4) is 0 Å². The summed E-state index contributed by atoms with van der Waals surface area (Å²) in [5, 5.41) is 21.1. The first-order valence-corrected chi connectivity index (χ1v) is 10.6. The number of nitrogens with two attached hydrogens (primary N) is 1. The Hall–Kier alpha value is -2.96. The molecule has 5 N–H and O–H groups in total. The number of H-pyrrole nitrogens is 1. The van der Waals surface area contributed by atoms with Gasteiger partial charge in [0.2, 0.25) is 5.91 Å². The van der Waals surface area contributed by atoms with Crippen molar-refractivity contribution in [3.63, 3.8) is 0 Å². The fourth-order valence-electron chi connectivity index (χ4n) is 4.67. The molecular weight excluding hydrogens is 376 g/mol. The van der Waals surface area contributed by atoms with Crippen LogP contribution in [-0.2, 0) is 13.0 Å². The molecule has 0 bridgehead atoms. The normalized spacial score (nSPS) is 20.0. The van der Waals surface area contributed by atoms with Gasteiger partial charge in [-0.15, -0.1) is 0 Å². The highest BCUT2D eigenvalue weighted by molar-refractivity contribution is 5.93. The SMILES string of the molecule is NC(=O)c1ccc(-c2n[nH]c3c2Cc2cc(CNC4CCC(O)CC4)ccc2-3)cc1. The summed E-state index contributed by atoms with van der Waals surface area (Å²) in [7, 11) is 0. The van der Waals surface area contributed by atoms with Crippen LogP contribution in [0, 0.1) is 0 Å². The Morgan fingerprint density at radius 3 is 2.63 bits per heavy atom. The highest BCUT2D eigenvalue weighted by Crippen LogP contribution is 2.40. The van der Waals surface area contributed by atoms with Gasteiger partial charge in [-0.25, -0.2) is 0 Å². The summed E-state index contributed by atoms with van der Waals surface area (Å²) >= 11 is 0. The zero-order valence-electron chi connectivity index (χ0n) is 16.8. The maximum atomic E-state index is 11.3. The first kappa shape index (κ1) is 19.0. The lowest BCUT2D eigenvalue weighted by Crippen LogP contribution is -2.34. The molecule has 2 aliphatic carbocycles. The number of nitrogens with zero attached hydrogens (tertiary/aromatic N) is 1. The van der Waals surface area contributed by atoms with Gasteiger partial charge in [0.25, 0.3) is 0 Å². The van der Waals surface area contributed by atoms with Crippen molar-refractivity contribution >= 4 is 5.91 Å². The maximum absolute atomic E-state index is 11.3. The number of rotatable bonds is 5. The highest BCUT2D eigenvalue weighted by Gasteiger charge is 2.25. The predicted octanol–water partition coefficient (Wildman–Crippen LogP) is 3.14. The summed E-state index contributed by atoms with van der Waals surface area (Å²) in [4.78, 5) is 11.3. The van der Waals surface area contributed by atoms with Crippen molar-refractivity contribution in [3.05, 3.63) is 64.7 Å². The number of hydrogen-bond acceptors (Lipinski definition) is 4. The summed E-state index contributed by atoms with van der Waals surface area (Å²) in [5.41, 5.74) is 13.8. The van der Waals surface area contributed by atoms with E-state index in [1.807, 2.05) is 12.1 Å². The number of primary amides is 1. The quantitative estimate of drug-likeness (QED) is 0.412. The predicted molar refractivity (Wildman–Crippen MR) is 116 cm³/mol. The second-order valence-corrected chi connectivity index (χ2v) is 8.42. The number of benzene rings is 2. The summed E-state index contributed by atoms with van der Waals surface area (Å²) in [6.45, 7) is 0.849. The fourth-order valence-corrected chi connectivity index (χ4v) is 4.67. The van der Waals surface area contributed by atoms with Crippen molar-refractivity contribution in [2.24, 2.45) is 5.73 Å². The first-order valence-electron chi connectivity index (χ1n) is 10.6. The molecule has 6 nitrogen and oxygen atoms in total. The molecule has 1 heterocycles. The van der Waals surface area contributed by atoms with Crippen LogP contribution < -0.4 is 11.1 Å². The van der Waals surface area contributed by atoms with E-state index in [-0.39, 0.29) is 6.10 Å². The van der Waals surface area contributed by atoms with Crippen LogP contribution in [0.4, 0.5) is 0 Å². The molecule has 2 aliphatic rings. The maximum Gasteiger partial charge on any atom is 0.248 e. The van der Waals surface area contributed by atoms with Crippen LogP contribution in [0.15, 0.2) is 42.5 Å². The number of aliphatic hydroxyl groups excluding tert-OH is 1. The van der Waals surface area contributed by atoms with Crippen LogP contribution in [0.5, 0.6) is 0 Å². The number of aromatic nitrogens is 2. The van der Waals surface area contributed by atoms with E-state index >= 15 is 0 Å². The summed E-state index contributed by atoms with van der Waals surface area (Å²) < 4.78 is 0. The molecule has 1 amide bonds. The van der Waals surface area contributed by atoms with Crippen molar-refractivity contribution in [2.75, 3.05) is 0 Å². The van der Waals surface area contributed by atoms with E-state index in [1.165, 1.54) is 22.3 Å². The highest BCUT2D eigenvalue weighted by atomic mass is 16.3. The molecular formula is C24H26N4O2. The summed E-state index contributed by atoms with van der Waals surface area (Å²) in [5.74, 6) is -0.424. The molecule has 0 aliphatic heterocycles. The topological polar surface area (TPSA) is 104 Å². The number of nitrogens with one attached hydrogen (secondary N) is 2. The van der Waals surface area contributed by atoms with Crippen molar-refractivity contribution in [3.8, 4) is 22.5 Å². The molecule has 0 unspecified atom stereocenters. The number of aromatic amines is 1. The molecule has 0 atom stereocenters. The van der Waals surface area contributed by atoms with E-state index in [2.05, 4.69) is 33.7 Å². The van der Waals surface area contributed by atoms with Gasteiger partial charge in [-0.05, 0) is 48.9 Å². The largest absolute Gasteiger partial charge is 0.393 e. The van der Waals surface area contributed by atoms with E-state index in [0.717, 1.165) is 55.6 Å². The van der Waals surface area contributed by atoms with Crippen molar-refractivity contribution < 1.29 is 9.90 Å². The van der Waals surface area contributed by atoms with Gasteiger partial charge in [-0.2, -0.15) is 5.10 Å². The number of amides is 1. The van der Waals surface area contributed by atoms with Crippen LogP contribution in [-0.4, -0.2) is 33.4 Å². The molecule has 1 fully saturated rings. The second-order valence-electron chi connectivity index (χ2n) is 8.42. The standard InChI is InChI=1S/C24H26N4O2/c25-24(30)16-4-2-15(3-5-16)22-21-12-17-11-14(1-10-20(17)23(21)28-27-22)13-26-18-6-8-19(29)9-7-18/h1-5,10-11,18-19,26,29H,6-9,12-13H2,(H2,25,30)(H,27,28). The lowest BCUT2D eigenvalue weighted by atomic mass is 9.93. The Kier molecular flexibility index (Phi) is 4.89. The van der Waals surface area contributed by atoms with Gasteiger partial charge in [0.05, 0.1) is 17.5 Å². The molecule has 0 radical (unpaired) electrons. The molecule has 1 saturated carbocycles. The molecule has 0 spiro atoms. The lowest BCUT2D eigenvalue weighted by Gasteiger charge is -2.26. The fraction of sp³-hybridized carbons (Fsp3) is 0.333. The molecule has 0 saturated heterocycles. The van der Waals surface area contributed by atoms with Gasteiger partial charge < -0.3 is 16.2 Å². The molecule has 5 rings (SSSR count). The van der Waals surface area contributed by atoms with Gasteiger partial charge in [-0.1, -0.05) is 30.3 Å².